The van der Waals surface area contributed by atoms with E-state index >= 15 is 0 Å². The molecule has 23 heavy (non-hydrogen) atoms. The highest BCUT2D eigenvalue weighted by atomic mass is 35.5. The molecule has 0 aliphatic carbocycles. The van der Waals surface area contributed by atoms with Gasteiger partial charge in [0.25, 0.3) is 0 Å². The molecule has 1 saturated heterocycles. The number of hydrogen-bond acceptors (Lipinski definition) is 4. The first-order valence-electron chi connectivity index (χ1n) is 7.47. The summed E-state index contributed by atoms with van der Waals surface area (Å²) in [6.45, 7) is 6.07. The number of piperazine rings is 1. The number of methoxy groups -OCH3 is 1. The number of carbonyl (C=O) groups excluding carboxylic acids is 1. The fourth-order valence-electron chi connectivity index (χ4n) is 2.63. The third-order valence-electron chi connectivity index (χ3n) is 3.81. The molecule has 0 saturated carbocycles. The van der Waals surface area contributed by atoms with Crippen LogP contribution in [0.5, 0.6) is 5.75 Å². The average Bonchev–Trinajstić information content (AvgIpc) is 2.48. The van der Waals surface area contributed by atoms with Crippen molar-refractivity contribution in [3.8, 4) is 5.75 Å². The molecule has 0 bridgehead atoms. The normalized spacial score (nSPS) is 16.0. The van der Waals surface area contributed by atoms with Crippen molar-refractivity contribution >= 4 is 30.7 Å². The molecule has 1 atom stereocenters. The van der Waals surface area contributed by atoms with Gasteiger partial charge in [-0.1, -0.05) is 18.2 Å². The Labute approximate surface area is 151 Å². The Morgan fingerprint density at radius 1 is 1.22 bits per heavy atom. The van der Waals surface area contributed by atoms with Crippen LogP contribution in [0.1, 0.15) is 18.9 Å². The van der Waals surface area contributed by atoms with E-state index in [0.29, 0.717) is 6.42 Å². The summed E-state index contributed by atoms with van der Waals surface area (Å²) in [4.78, 5) is 16.3. The zero-order valence-electron chi connectivity index (χ0n) is 13.7. The van der Waals surface area contributed by atoms with E-state index in [0.717, 1.165) is 38.5 Å². The molecule has 1 heterocycles. The maximum absolute atomic E-state index is 12.0. The van der Waals surface area contributed by atoms with Gasteiger partial charge in [-0.2, -0.15) is 0 Å². The van der Waals surface area contributed by atoms with Crippen LogP contribution in [-0.4, -0.2) is 55.0 Å². The second-order valence-corrected chi connectivity index (χ2v) is 5.65. The van der Waals surface area contributed by atoms with Crippen molar-refractivity contribution in [3.05, 3.63) is 29.8 Å². The van der Waals surface area contributed by atoms with Crippen molar-refractivity contribution in [2.45, 2.75) is 25.9 Å². The van der Waals surface area contributed by atoms with Crippen LogP contribution in [0.4, 0.5) is 0 Å². The highest BCUT2D eigenvalue weighted by molar-refractivity contribution is 5.85. The smallest absolute Gasteiger partial charge is 0.224 e. The molecule has 1 aliphatic rings. The van der Waals surface area contributed by atoms with Crippen LogP contribution in [0, 0.1) is 0 Å². The maximum Gasteiger partial charge on any atom is 0.224 e. The molecule has 2 N–H and O–H groups in total. The van der Waals surface area contributed by atoms with Gasteiger partial charge in [0.15, 0.2) is 0 Å². The van der Waals surface area contributed by atoms with Gasteiger partial charge >= 0.3 is 0 Å². The molecule has 0 aromatic heterocycles. The molecular weight excluding hydrogens is 337 g/mol. The Morgan fingerprint density at radius 3 is 2.39 bits per heavy atom. The second-order valence-electron chi connectivity index (χ2n) is 5.65. The van der Waals surface area contributed by atoms with Gasteiger partial charge in [-0.15, -0.1) is 24.8 Å². The van der Waals surface area contributed by atoms with Crippen molar-refractivity contribution in [3.63, 3.8) is 0 Å². The molecule has 0 spiro atoms. The minimum atomic E-state index is -0.0656. The molecule has 1 amide bonds. The summed E-state index contributed by atoms with van der Waals surface area (Å²) in [6.07, 6.45) is 0.437. The molecule has 1 aromatic carbocycles. The first-order chi connectivity index (χ1) is 10.1. The number of nitrogens with zero attached hydrogens (tertiary/aromatic N) is 2. The number of ether oxygens (including phenoxy) is 1. The number of halogens is 2. The van der Waals surface area contributed by atoms with Crippen LogP contribution >= 0.6 is 24.8 Å². The number of rotatable bonds is 5. The Bertz CT molecular complexity index is 478. The maximum atomic E-state index is 12.0. The van der Waals surface area contributed by atoms with E-state index < -0.39 is 0 Å². The summed E-state index contributed by atoms with van der Waals surface area (Å²) in [5.74, 6) is 1.09. The van der Waals surface area contributed by atoms with E-state index in [-0.39, 0.29) is 36.8 Å². The zero-order chi connectivity index (χ0) is 15.2. The summed E-state index contributed by atoms with van der Waals surface area (Å²) in [6, 6.07) is 8.02. The lowest BCUT2D eigenvalue weighted by atomic mass is 10.1. The van der Waals surface area contributed by atoms with E-state index in [4.69, 9.17) is 10.5 Å². The lowest BCUT2D eigenvalue weighted by Gasteiger charge is -2.35. The van der Waals surface area contributed by atoms with Gasteiger partial charge in [0.05, 0.1) is 7.11 Å². The van der Waals surface area contributed by atoms with Gasteiger partial charge < -0.3 is 15.4 Å². The monoisotopic (exact) mass is 363 g/mol. The van der Waals surface area contributed by atoms with Crippen molar-refractivity contribution < 1.29 is 9.53 Å². The van der Waals surface area contributed by atoms with Crippen LogP contribution in [0.3, 0.4) is 0 Å². The topological polar surface area (TPSA) is 58.8 Å². The Kier molecular flexibility index (Phi) is 10.2. The van der Waals surface area contributed by atoms with Gasteiger partial charge in [0.1, 0.15) is 5.75 Å². The largest absolute Gasteiger partial charge is 0.496 e. The summed E-state index contributed by atoms with van der Waals surface area (Å²) in [7, 11) is 1.70. The molecular formula is C16H27Cl2N3O2. The molecule has 2 rings (SSSR count). The molecule has 1 unspecified atom stereocenters. The lowest BCUT2D eigenvalue weighted by Crippen LogP contribution is -2.49. The number of para-hydroxylation sites is 1. The first-order valence-corrected chi connectivity index (χ1v) is 7.47. The minimum absolute atomic E-state index is 0. The number of carbonyl (C=O) groups is 1. The standard InChI is InChI=1S/C16H25N3O2.2ClH/c1-13(17)11-16(20)19-9-7-18(8-10-19)12-14-5-3-4-6-15(14)21-2;;/h3-6,13H,7-12,17H2,1-2H3;2*1H. The Morgan fingerprint density at radius 2 is 1.83 bits per heavy atom. The Balaban J connectivity index is 0.00000242. The fraction of sp³-hybridized carbons (Fsp3) is 0.562. The van der Waals surface area contributed by atoms with Gasteiger partial charge in [0.2, 0.25) is 5.91 Å². The number of amides is 1. The van der Waals surface area contributed by atoms with Crippen molar-refractivity contribution in [1.29, 1.82) is 0 Å². The van der Waals surface area contributed by atoms with Gasteiger partial charge in [-0.25, -0.2) is 0 Å². The van der Waals surface area contributed by atoms with Crippen LogP contribution in [-0.2, 0) is 11.3 Å². The van der Waals surface area contributed by atoms with E-state index in [1.165, 1.54) is 5.56 Å². The van der Waals surface area contributed by atoms with Gasteiger partial charge in [0, 0.05) is 50.7 Å². The molecule has 1 aliphatic heterocycles. The number of benzene rings is 1. The van der Waals surface area contributed by atoms with E-state index in [1.54, 1.807) is 7.11 Å². The van der Waals surface area contributed by atoms with Crippen LogP contribution < -0.4 is 10.5 Å². The summed E-state index contributed by atoms with van der Waals surface area (Å²) >= 11 is 0. The predicted molar refractivity (Wildman–Crippen MR) is 97.6 cm³/mol. The quantitative estimate of drug-likeness (QED) is 0.867. The molecule has 1 fully saturated rings. The van der Waals surface area contributed by atoms with Crippen LogP contribution in [0.25, 0.3) is 0 Å². The van der Waals surface area contributed by atoms with Crippen molar-refractivity contribution in [2.75, 3.05) is 33.3 Å². The summed E-state index contributed by atoms with van der Waals surface area (Å²) in [5, 5.41) is 0. The molecule has 0 radical (unpaired) electrons. The molecule has 5 nitrogen and oxygen atoms in total. The van der Waals surface area contributed by atoms with Crippen molar-refractivity contribution in [2.24, 2.45) is 5.73 Å². The third-order valence-corrected chi connectivity index (χ3v) is 3.81. The number of nitrogens with two attached hydrogens (primary N) is 1. The zero-order valence-corrected chi connectivity index (χ0v) is 15.4. The molecule has 7 heteroatoms. The molecule has 132 valence electrons. The first kappa shape index (κ1) is 22.0. The van der Waals surface area contributed by atoms with E-state index in [2.05, 4.69) is 11.0 Å². The van der Waals surface area contributed by atoms with Crippen molar-refractivity contribution in [1.82, 2.24) is 9.80 Å². The average molecular weight is 364 g/mol. The highest BCUT2D eigenvalue weighted by Crippen LogP contribution is 2.20. The second kappa shape index (κ2) is 10.7. The Hall–Kier alpha value is -1.01. The highest BCUT2D eigenvalue weighted by Gasteiger charge is 2.22. The fourth-order valence-corrected chi connectivity index (χ4v) is 2.63. The van der Waals surface area contributed by atoms with E-state index in [9.17, 15) is 4.79 Å². The molecule has 1 aromatic rings. The van der Waals surface area contributed by atoms with E-state index in [1.807, 2.05) is 30.0 Å². The lowest BCUT2D eigenvalue weighted by molar-refractivity contribution is -0.133. The predicted octanol–water partition coefficient (Wildman–Crippen LogP) is 1.92. The number of hydrogen-bond donors (Lipinski definition) is 1. The van der Waals surface area contributed by atoms with Gasteiger partial charge in [-0.3, -0.25) is 9.69 Å². The van der Waals surface area contributed by atoms with Crippen LogP contribution in [0.15, 0.2) is 24.3 Å². The minimum Gasteiger partial charge on any atom is -0.496 e. The summed E-state index contributed by atoms with van der Waals surface area (Å²) < 4.78 is 5.38. The third kappa shape index (κ3) is 6.55. The van der Waals surface area contributed by atoms with Gasteiger partial charge in [-0.05, 0) is 13.0 Å². The SMILES string of the molecule is COc1ccccc1CN1CCN(C(=O)CC(C)N)CC1.Cl.Cl. The van der Waals surface area contributed by atoms with Crippen LogP contribution in [0.2, 0.25) is 0 Å². The summed E-state index contributed by atoms with van der Waals surface area (Å²) in [5.41, 5.74) is 6.88.